The fraction of sp³-hybridized carbons (Fsp3) is 0.500. The number of nitrogens with one attached hydrogen (secondary N) is 2. The van der Waals surface area contributed by atoms with E-state index < -0.39 is 0 Å². The normalized spacial score (nSPS) is 16.7. The molecule has 1 aromatic heterocycles. The van der Waals surface area contributed by atoms with Gasteiger partial charge in [0, 0.05) is 39.2 Å². The number of ether oxygens (including phenoxy) is 3. The molecular formula is C20H27N7O4. The highest BCUT2D eigenvalue weighted by Gasteiger charge is 2.21. The van der Waals surface area contributed by atoms with Crippen molar-refractivity contribution < 1.29 is 19.0 Å². The second-order valence-electron chi connectivity index (χ2n) is 7.18. The Balaban J connectivity index is 1.69. The van der Waals surface area contributed by atoms with Crippen molar-refractivity contribution in [3.8, 4) is 5.75 Å². The van der Waals surface area contributed by atoms with Crippen LogP contribution in [0.25, 0.3) is 0 Å². The number of hydrogen-bond donors (Lipinski definition) is 2. The molecule has 0 unspecified atom stereocenters. The molecule has 0 atom stereocenters. The molecule has 2 saturated heterocycles. The number of hydrogen-bond acceptors (Lipinski definition) is 10. The van der Waals surface area contributed by atoms with E-state index in [1.165, 1.54) is 6.92 Å². The Hall–Kier alpha value is -3.18. The van der Waals surface area contributed by atoms with Crippen molar-refractivity contribution in [2.75, 3.05) is 80.1 Å². The first-order valence-corrected chi connectivity index (χ1v) is 10.3. The Morgan fingerprint density at radius 1 is 0.935 bits per heavy atom. The van der Waals surface area contributed by atoms with E-state index >= 15 is 0 Å². The molecule has 3 heterocycles. The lowest BCUT2D eigenvalue weighted by Gasteiger charge is -2.30. The van der Waals surface area contributed by atoms with Gasteiger partial charge in [-0.15, -0.1) is 0 Å². The summed E-state index contributed by atoms with van der Waals surface area (Å²) in [5, 5.41) is 6.06. The molecule has 2 fully saturated rings. The number of rotatable bonds is 6. The van der Waals surface area contributed by atoms with Gasteiger partial charge in [0.25, 0.3) is 0 Å². The lowest BCUT2D eigenvalue weighted by molar-refractivity contribution is -0.114. The quantitative estimate of drug-likeness (QED) is 0.695. The first-order valence-electron chi connectivity index (χ1n) is 10.3. The molecule has 2 aliphatic rings. The summed E-state index contributed by atoms with van der Waals surface area (Å²) in [7, 11) is 1.59. The van der Waals surface area contributed by atoms with Gasteiger partial charge in [0.1, 0.15) is 5.75 Å². The number of aromatic nitrogens is 3. The molecule has 2 aromatic rings. The van der Waals surface area contributed by atoms with E-state index in [1.54, 1.807) is 25.3 Å². The van der Waals surface area contributed by atoms with Crippen LogP contribution in [0.3, 0.4) is 0 Å². The fourth-order valence-corrected chi connectivity index (χ4v) is 3.39. The monoisotopic (exact) mass is 429 g/mol. The van der Waals surface area contributed by atoms with Gasteiger partial charge in [0.15, 0.2) is 0 Å². The first-order chi connectivity index (χ1) is 15.1. The van der Waals surface area contributed by atoms with Gasteiger partial charge in [-0.1, -0.05) is 0 Å². The maximum atomic E-state index is 11.6. The predicted molar refractivity (Wildman–Crippen MR) is 116 cm³/mol. The molecule has 0 aliphatic carbocycles. The van der Waals surface area contributed by atoms with E-state index in [4.69, 9.17) is 19.2 Å². The summed E-state index contributed by atoms with van der Waals surface area (Å²) in [4.78, 5) is 29.8. The second kappa shape index (κ2) is 9.75. The number of anilines is 5. The van der Waals surface area contributed by atoms with Crippen molar-refractivity contribution in [3.05, 3.63) is 18.2 Å². The van der Waals surface area contributed by atoms with Crippen molar-refractivity contribution in [2.45, 2.75) is 6.92 Å². The maximum Gasteiger partial charge on any atom is 0.233 e. The molecule has 11 heteroatoms. The molecular weight excluding hydrogens is 402 g/mol. The summed E-state index contributed by atoms with van der Waals surface area (Å²) in [6.45, 7) is 6.82. The van der Waals surface area contributed by atoms with Gasteiger partial charge in [-0.25, -0.2) is 0 Å². The average molecular weight is 429 g/mol. The standard InChI is InChI=1S/C20H27N7O4/c1-14(28)21-16-4-3-15(29-2)13-17(16)22-18-23-19(26-5-9-30-10-6-26)25-20(24-18)27-7-11-31-12-8-27/h3-4,13H,5-12H2,1-2H3,(H,21,28)(H,22,23,24,25). The van der Waals surface area contributed by atoms with Crippen molar-refractivity contribution >= 4 is 35.1 Å². The summed E-state index contributed by atoms with van der Waals surface area (Å²) in [5.41, 5.74) is 1.23. The third-order valence-corrected chi connectivity index (χ3v) is 4.98. The Bertz CT molecular complexity index is 878. The summed E-state index contributed by atoms with van der Waals surface area (Å²) < 4.78 is 16.3. The lowest BCUT2D eigenvalue weighted by atomic mass is 10.2. The fourth-order valence-electron chi connectivity index (χ4n) is 3.39. The topological polar surface area (TPSA) is 114 Å². The minimum atomic E-state index is -0.174. The molecule has 0 saturated carbocycles. The number of morpholine rings is 2. The molecule has 166 valence electrons. The van der Waals surface area contributed by atoms with Gasteiger partial charge >= 0.3 is 0 Å². The molecule has 0 spiro atoms. The number of carbonyl (C=O) groups excluding carboxylic acids is 1. The summed E-state index contributed by atoms with van der Waals surface area (Å²) in [5.74, 6) is 2.04. The number of amides is 1. The highest BCUT2D eigenvalue weighted by Crippen LogP contribution is 2.30. The molecule has 11 nitrogen and oxygen atoms in total. The molecule has 31 heavy (non-hydrogen) atoms. The third-order valence-electron chi connectivity index (χ3n) is 4.98. The van der Waals surface area contributed by atoms with E-state index in [1.807, 2.05) is 0 Å². The van der Waals surface area contributed by atoms with Crippen molar-refractivity contribution in [1.82, 2.24) is 15.0 Å². The van der Waals surface area contributed by atoms with Crippen LogP contribution in [0.4, 0.5) is 29.2 Å². The second-order valence-corrected chi connectivity index (χ2v) is 7.18. The van der Waals surface area contributed by atoms with Crippen LogP contribution in [0.15, 0.2) is 18.2 Å². The SMILES string of the molecule is COc1ccc(NC(C)=O)c(Nc2nc(N3CCOCC3)nc(N3CCOCC3)n2)c1. The minimum Gasteiger partial charge on any atom is -0.497 e. The molecule has 2 aliphatic heterocycles. The number of benzene rings is 1. The number of methoxy groups -OCH3 is 1. The van der Waals surface area contributed by atoms with Gasteiger partial charge < -0.3 is 34.6 Å². The van der Waals surface area contributed by atoms with Crippen molar-refractivity contribution in [2.24, 2.45) is 0 Å². The third kappa shape index (κ3) is 5.30. The molecule has 2 N–H and O–H groups in total. The number of nitrogens with zero attached hydrogens (tertiary/aromatic N) is 5. The van der Waals surface area contributed by atoms with Gasteiger partial charge in [-0.2, -0.15) is 15.0 Å². The van der Waals surface area contributed by atoms with E-state index in [9.17, 15) is 4.79 Å². The molecule has 4 rings (SSSR count). The van der Waals surface area contributed by atoms with Crippen LogP contribution in [0.2, 0.25) is 0 Å². The number of carbonyl (C=O) groups is 1. The van der Waals surface area contributed by atoms with Gasteiger partial charge in [-0.05, 0) is 12.1 Å². The van der Waals surface area contributed by atoms with E-state index in [2.05, 4.69) is 30.4 Å². The lowest BCUT2D eigenvalue weighted by Crippen LogP contribution is -2.40. The Morgan fingerprint density at radius 2 is 1.52 bits per heavy atom. The first kappa shape index (κ1) is 21.1. The molecule has 0 bridgehead atoms. The van der Waals surface area contributed by atoms with E-state index in [0.29, 0.717) is 87.6 Å². The Labute approximate surface area is 180 Å². The van der Waals surface area contributed by atoms with Crippen molar-refractivity contribution in [3.63, 3.8) is 0 Å². The van der Waals surface area contributed by atoms with Crippen LogP contribution in [0, 0.1) is 0 Å². The zero-order chi connectivity index (χ0) is 21.6. The zero-order valence-corrected chi connectivity index (χ0v) is 17.8. The van der Waals surface area contributed by atoms with Crippen LogP contribution in [0.1, 0.15) is 6.92 Å². The van der Waals surface area contributed by atoms with Crippen LogP contribution in [-0.2, 0) is 14.3 Å². The summed E-state index contributed by atoms with van der Waals surface area (Å²) >= 11 is 0. The predicted octanol–water partition coefficient (Wildman–Crippen LogP) is 1.26. The molecule has 1 aromatic carbocycles. The summed E-state index contributed by atoms with van der Waals surface area (Å²) in [6.07, 6.45) is 0. The highest BCUT2D eigenvalue weighted by atomic mass is 16.5. The van der Waals surface area contributed by atoms with E-state index in [0.717, 1.165) is 0 Å². The van der Waals surface area contributed by atoms with Gasteiger partial charge in [0.2, 0.25) is 23.8 Å². The van der Waals surface area contributed by atoms with Crippen LogP contribution in [-0.4, -0.2) is 80.6 Å². The van der Waals surface area contributed by atoms with Gasteiger partial charge in [-0.3, -0.25) is 4.79 Å². The van der Waals surface area contributed by atoms with E-state index in [-0.39, 0.29) is 5.91 Å². The van der Waals surface area contributed by atoms with Crippen LogP contribution >= 0.6 is 0 Å². The minimum absolute atomic E-state index is 0.174. The highest BCUT2D eigenvalue weighted by molar-refractivity contribution is 5.93. The van der Waals surface area contributed by atoms with Crippen LogP contribution < -0.4 is 25.2 Å². The maximum absolute atomic E-state index is 11.6. The van der Waals surface area contributed by atoms with Crippen molar-refractivity contribution in [1.29, 1.82) is 0 Å². The Morgan fingerprint density at radius 3 is 2.03 bits per heavy atom. The zero-order valence-electron chi connectivity index (χ0n) is 17.8. The Kier molecular flexibility index (Phi) is 6.63. The van der Waals surface area contributed by atoms with Gasteiger partial charge in [0.05, 0.1) is 44.9 Å². The average Bonchev–Trinajstić information content (AvgIpc) is 2.81. The largest absolute Gasteiger partial charge is 0.497 e. The smallest absolute Gasteiger partial charge is 0.233 e. The molecule has 0 radical (unpaired) electrons. The van der Waals surface area contributed by atoms with Crippen LogP contribution in [0.5, 0.6) is 5.75 Å². The molecule has 1 amide bonds. The summed E-state index contributed by atoms with van der Waals surface area (Å²) in [6, 6.07) is 5.34.